The maximum absolute atomic E-state index is 12.7. The Morgan fingerprint density at radius 1 is 1.31 bits per heavy atom. The Bertz CT molecular complexity index is 1100. The summed E-state index contributed by atoms with van der Waals surface area (Å²) < 4.78 is 4.82. The summed E-state index contributed by atoms with van der Waals surface area (Å²) in [4.78, 5) is 30.3. The zero-order valence-corrected chi connectivity index (χ0v) is 17.5. The van der Waals surface area contributed by atoms with Crippen LogP contribution in [0.3, 0.4) is 0 Å². The number of fused-ring (bicyclic) bond motifs is 1. The second kappa shape index (κ2) is 8.46. The first-order valence-electron chi connectivity index (χ1n) is 9.42. The first kappa shape index (κ1) is 19.8. The van der Waals surface area contributed by atoms with Crippen LogP contribution in [0.2, 0.25) is 5.02 Å². The van der Waals surface area contributed by atoms with E-state index in [2.05, 4.69) is 15.4 Å². The second-order valence-corrected chi connectivity index (χ2v) is 8.38. The number of rotatable bonds is 5. The van der Waals surface area contributed by atoms with Crippen molar-refractivity contribution in [3.8, 4) is 0 Å². The van der Waals surface area contributed by atoms with Crippen LogP contribution in [0, 0.1) is 0 Å². The summed E-state index contributed by atoms with van der Waals surface area (Å²) in [5.41, 5.74) is 0.343. The molecule has 8 nitrogen and oxygen atoms in total. The van der Waals surface area contributed by atoms with Crippen molar-refractivity contribution in [2.45, 2.75) is 48.8 Å². The normalized spacial score (nSPS) is 13.7. The number of benzene rings is 1. The largest absolute Gasteiger partial charge is 0.346 e. The van der Waals surface area contributed by atoms with Crippen LogP contribution in [-0.2, 0) is 31.4 Å². The molecule has 3 heterocycles. The average Bonchev–Trinajstić information content (AvgIpc) is 3.11. The van der Waals surface area contributed by atoms with Crippen molar-refractivity contribution in [1.82, 2.24) is 23.9 Å². The van der Waals surface area contributed by atoms with E-state index in [1.807, 2.05) is 23.9 Å². The number of hydrogen-bond donors (Lipinski definition) is 1. The molecule has 1 aliphatic rings. The van der Waals surface area contributed by atoms with E-state index in [0.717, 1.165) is 41.6 Å². The summed E-state index contributed by atoms with van der Waals surface area (Å²) >= 11 is 7.55. The third kappa shape index (κ3) is 4.40. The Morgan fingerprint density at radius 2 is 2.17 bits per heavy atom. The highest BCUT2D eigenvalue weighted by Crippen LogP contribution is 2.34. The van der Waals surface area contributed by atoms with Crippen molar-refractivity contribution >= 4 is 35.0 Å². The fourth-order valence-corrected chi connectivity index (χ4v) is 4.33. The zero-order chi connectivity index (χ0) is 20.4. The Kier molecular flexibility index (Phi) is 5.77. The highest BCUT2D eigenvalue weighted by molar-refractivity contribution is 7.99. The molecule has 1 N–H and O–H groups in total. The topological polar surface area (TPSA) is 86.7 Å². The average molecular weight is 433 g/mol. The van der Waals surface area contributed by atoms with Gasteiger partial charge in [0.2, 0.25) is 5.91 Å². The minimum Gasteiger partial charge on any atom is -0.329 e. The molecule has 1 aromatic carbocycles. The quantitative estimate of drug-likeness (QED) is 0.669. The zero-order valence-electron chi connectivity index (χ0n) is 16.0. The molecule has 0 unspecified atom stereocenters. The van der Waals surface area contributed by atoms with E-state index in [-0.39, 0.29) is 18.1 Å². The lowest BCUT2D eigenvalue weighted by Crippen LogP contribution is -2.30. The van der Waals surface area contributed by atoms with Gasteiger partial charge in [0.05, 0.1) is 5.69 Å². The van der Waals surface area contributed by atoms with E-state index < -0.39 is 0 Å². The number of anilines is 1. The first-order chi connectivity index (χ1) is 14.0. The molecule has 4 rings (SSSR count). The third-order valence-corrected chi connectivity index (χ3v) is 6.16. The Balaban J connectivity index is 1.52. The van der Waals surface area contributed by atoms with Crippen molar-refractivity contribution in [3.63, 3.8) is 0 Å². The molecule has 0 bridgehead atoms. The summed E-state index contributed by atoms with van der Waals surface area (Å²) in [5.74, 6) is 0.429. The number of nitrogens with one attached hydrogen (secondary N) is 1. The number of imidazole rings is 1. The van der Waals surface area contributed by atoms with Crippen molar-refractivity contribution < 1.29 is 4.79 Å². The van der Waals surface area contributed by atoms with Crippen molar-refractivity contribution in [3.05, 3.63) is 51.9 Å². The first-order valence-corrected chi connectivity index (χ1v) is 10.6. The lowest BCUT2D eigenvalue weighted by atomic mass is 10.2. The van der Waals surface area contributed by atoms with Crippen LogP contribution >= 0.6 is 23.4 Å². The molecular formula is C19H21ClN6O2S. The number of halogens is 1. The highest BCUT2D eigenvalue weighted by Gasteiger charge is 2.18. The number of carbonyl (C=O) groups excluding carboxylic acids is 1. The van der Waals surface area contributed by atoms with Gasteiger partial charge in [0, 0.05) is 42.3 Å². The fraction of sp³-hybridized carbons (Fsp3) is 0.368. The number of hydrogen-bond acceptors (Lipinski definition) is 5. The fourth-order valence-electron chi connectivity index (χ4n) is 3.29. The van der Waals surface area contributed by atoms with Crippen molar-refractivity contribution in [1.29, 1.82) is 0 Å². The van der Waals surface area contributed by atoms with E-state index in [1.54, 1.807) is 22.9 Å². The van der Waals surface area contributed by atoms with Gasteiger partial charge in [-0.3, -0.25) is 9.36 Å². The van der Waals surface area contributed by atoms with Crippen molar-refractivity contribution in [2.24, 2.45) is 7.05 Å². The molecule has 1 amide bonds. The van der Waals surface area contributed by atoms with Crippen LogP contribution in [-0.4, -0.2) is 29.8 Å². The minimum absolute atomic E-state index is 0.141. The number of aryl methyl sites for hydroxylation is 2. The smallest absolute Gasteiger partial charge is 0.329 e. The van der Waals surface area contributed by atoms with Gasteiger partial charge in [-0.15, -0.1) is 0 Å². The van der Waals surface area contributed by atoms with Gasteiger partial charge in [0.1, 0.15) is 12.4 Å². The Labute approximate surface area is 176 Å². The molecule has 10 heteroatoms. The van der Waals surface area contributed by atoms with Gasteiger partial charge in [-0.2, -0.15) is 5.10 Å². The molecule has 0 atom stereocenters. The maximum atomic E-state index is 12.7. The number of amides is 1. The summed E-state index contributed by atoms with van der Waals surface area (Å²) in [6.45, 7) is 0.520. The SMILES string of the molecule is Cn1ccnc1Sc1ccc(Cl)cc1NC(=O)Cn1nc2n(c1=O)CCCCC2. The van der Waals surface area contributed by atoms with Crippen molar-refractivity contribution in [2.75, 3.05) is 5.32 Å². The van der Waals surface area contributed by atoms with Gasteiger partial charge in [0.15, 0.2) is 5.16 Å². The van der Waals surface area contributed by atoms with Gasteiger partial charge < -0.3 is 9.88 Å². The molecule has 29 heavy (non-hydrogen) atoms. The predicted octanol–water partition coefficient (Wildman–Crippen LogP) is 2.95. The number of carbonyl (C=O) groups is 1. The van der Waals surface area contributed by atoms with Crippen LogP contribution in [0.25, 0.3) is 0 Å². The standard InChI is InChI=1S/C19H21ClN6O2S/c1-24-10-8-21-18(24)29-15-7-6-13(20)11-14(15)22-17(27)12-26-19(28)25-9-4-2-3-5-16(25)23-26/h6-8,10-11H,2-5,9,12H2,1H3,(H,22,27). The van der Waals surface area contributed by atoms with E-state index in [0.29, 0.717) is 17.3 Å². The lowest BCUT2D eigenvalue weighted by Gasteiger charge is -2.11. The molecule has 0 saturated heterocycles. The second-order valence-electron chi connectivity index (χ2n) is 6.93. The van der Waals surface area contributed by atoms with Crippen LogP contribution in [0.15, 0.2) is 45.4 Å². The van der Waals surface area contributed by atoms with E-state index in [9.17, 15) is 9.59 Å². The van der Waals surface area contributed by atoms with Gasteiger partial charge in [-0.05, 0) is 42.8 Å². The molecule has 0 saturated carbocycles. The highest BCUT2D eigenvalue weighted by atomic mass is 35.5. The van der Waals surface area contributed by atoms with Gasteiger partial charge in [-0.25, -0.2) is 14.5 Å². The minimum atomic E-state index is -0.329. The van der Waals surface area contributed by atoms with E-state index >= 15 is 0 Å². The molecule has 2 aromatic heterocycles. The van der Waals surface area contributed by atoms with Crippen LogP contribution in [0.5, 0.6) is 0 Å². The third-order valence-electron chi connectivity index (χ3n) is 4.77. The van der Waals surface area contributed by atoms with Gasteiger partial charge >= 0.3 is 5.69 Å². The number of nitrogens with zero attached hydrogens (tertiary/aromatic N) is 5. The molecule has 1 aliphatic heterocycles. The van der Waals surface area contributed by atoms with Gasteiger partial charge in [0.25, 0.3) is 0 Å². The van der Waals surface area contributed by atoms with Crippen LogP contribution in [0.1, 0.15) is 25.1 Å². The summed E-state index contributed by atoms with van der Waals surface area (Å²) in [5, 5.41) is 8.53. The molecule has 3 aromatic rings. The van der Waals surface area contributed by atoms with Crippen LogP contribution < -0.4 is 11.0 Å². The lowest BCUT2D eigenvalue weighted by molar-refractivity contribution is -0.117. The molecule has 0 fully saturated rings. The Hall–Kier alpha value is -2.52. The maximum Gasteiger partial charge on any atom is 0.346 e. The number of aromatic nitrogens is 5. The van der Waals surface area contributed by atoms with E-state index in [1.165, 1.54) is 16.4 Å². The predicted molar refractivity (Wildman–Crippen MR) is 111 cm³/mol. The molecule has 0 spiro atoms. The Morgan fingerprint density at radius 3 is 2.97 bits per heavy atom. The summed E-state index contributed by atoms with van der Waals surface area (Å²) in [6, 6.07) is 5.29. The van der Waals surface area contributed by atoms with Gasteiger partial charge in [-0.1, -0.05) is 18.0 Å². The summed E-state index contributed by atoms with van der Waals surface area (Å²) in [6.07, 6.45) is 7.40. The van der Waals surface area contributed by atoms with Crippen LogP contribution in [0.4, 0.5) is 5.69 Å². The molecule has 0 radical (unpaired) electrons. The molecule has 152 valence electrons. The monoisotopic (exact) mass is 432 g/mol. The summed E-state index contributed by atoms with van der Waals surface area (Å²) in [7, 11) is 1.90. The molecular weight excluding hydrogens is 412 g/mol. The van der Waals surface area contributed by atoms with E-state index in [4.69, 9.17) is 11.6 Å². The molecule has 0 aliphatic carbocycles.